The first-order valence-electron chi connectivity index (χ1n) is 7.41. The van der Waals surface area contributed by atoms with Gasteiger partial charge < -0.3 is 14.8 Å². The zero-order valence-corrected chi connectivity index (χ0v) is 12.9. The van der Waals surface area contributed by atoms with E-state index in [0.29, 0.717) is 24.0 Å². The lowest BCUT2D eigenvalue weighted by atomic mass is 10.1. The molecule has 1 aliphatic heterocycles. The highest BCUT2D eigenvalue weighted by Gasteiger charge is 2.46. The van der Waals surface area contributed by atoms with Crippen LogP contribution in [0, 0.1) is 0 Å². The summed E-state index contributed by atoms with van der Waals surface area (Å²) in [4.78, 5) is 37.8. The van der Waals surface area contributed by atoms with E-state index in [-0.39, 0.29) is 30.0 Å². The van der Waals surface area contributed by atoms with Gasteiger partial charge in [-0.3, -0.25) is 14.5 Å². The van der Waals surface area contributed by atoms with Gasteiger partial charge in [0.15, 0.2) is 0 Å². The molecule has 1 saturated carbocycles. The average Bonchev–Trinajstić information content (AvgIpc) is 3.07. The smallest absolute Gasteiger partial charge is 0.407 e. The average molecular weight is 318 g/mol. The fraction of sp³-hybridized carbons (Fsp3) is 0.438. The van der Waals surface area contributed by atoms with E-state index >= 15 is 0 Å². The minimum Gasteiger partial charge on any atom is -0.453 e. The van der Waals surface area contributed by atoms with E-state index in [4.69, 9.17) is 4.74 Å². The maximum Gasteiger partial charge on any atom is 0.407 e. The number of nitrogens with zero attached hydrogens (tertiary/aromatic N) is 1. The Balaban J connectivity index is 1.80. The molecule has 3 amide bonds. The molecule has 0 radical (unpaired) electrons. The van der Waals surface area contributed by atoms with E-state index in [0.717, 1.165) is 0 Å². The monoisotopic (exact) mass is 318 g/mol. The van der Waals surface area contributed by atoms with E-state index in [9.17, 15) is 14.4 Å². The van der Waals surface area contributed by atoms with Gasteiger partial charge in [-0.25, -0.2) is 4.79 Å². The first kappa shape index (κ1) is 15.5. The number of rotatable bonds is 3. The minimum atomic E-state index is -0.555. The van der Waals surface area contributed by atoms with Crippen LogP contribution in [0.15, 0.2) is 24.3 Å². The van der Waals surface area contributed by atoms with Gasteiger partial charge in [-0.1, -0.05) is 12.1 Å². The zero-order valence-electron chi connectivity index (χ0n) is 12.9. The fourth-order valence-electron chi connectivity index (χ4n) is 3.35. The first-order chi connectivity index (χ1) is 11.1. The molecule has 7 nitrogen and oxygen atoms in total. The number of alkyl carbamates (subject to hydrolysis) is 1. The van der Waals surface area contributed by atoms with Crippen molar-refractivity contribution in [1.82, 2.24) is 10.2 Å². The predicted octanol–water partition coefficient (Wildman–Crippen LogP) is 1.18. The second-order valence-corrected chi connectivity index (χ2v) is 5.67. The first-order valence-corrected chi connectivity index (χ1v) is 7.41. The van der Waals surface area contributed by atoms with E-state index in [1.54, 1.807) is 31.4 Å². The summed E-state index contributed by atoms with van der Waals surface area (Å²) in [6.07, 6.45) is 0.0962. The number of amides is 3. The normalized spacial score (nSPS) is 26.3. The predicted molar refractivity (Wildman–Crippen MR) is 80.1 cm³/mol. The third-order valence-corrected chi connectivity index (χ3v) is 4.46. The summed E-state index contributed by atoms with van der Waals surface area (Å²) >= 11 is 0. The highest BCUT2D eigenvalue weighted by atomic mass is 16.5. The van der Waals surface area contributed by atoms with Crippen molar-refractivity contribution in [3.8, 4) is 0 Å². The van der Waals surface area contributed by atoms with Crippen molar-refractivity contribution in [3.05, 3.63) is 35.4 Å². The van der Waals surface area contributed by atoms with Gasteiger partial charge in [-0.15, -0.1) is 0 Å². The SMILES string of the molecule is COC(=O)N[C@@H]1C[C@@H](N2C(=O)c3ccccc3C2=O)C[C@H]1OC. The third-order valence-electron chi connectivity index (χ3n) is 4.46. The Morgan fingerprint density at radius 3 is 2.26 bits per heavy atom. The molecule has 122 valence electrons. The third kappa shape index (κ3) is 2.57. The number of carbonyl (C=O) groups is 3. The Labute approximate surface area is 133 Å². The van der Waals surface area contributed by atoms with Crippen molar-refractivity contribution in [1.29, 1.82) is 0 Å². The largest absolute Gasteiger partial charge is 0.453 e. The van der Waals surface area contributed by atoms with Gasteiger partial charge in [0.1, 0.15) is 0 Å². The molecule has 1 aromatic rings. The van der Waals surface area contributed by atoms with Gasteiger partial charge in [0, 0.05) is 13.2 Å². The maximum absolute atomic E-state index is 12.5. The van der Waals surface area contributed by atoms with Crippen molar-refractivity contribution in [3.63, 3.8) is 0 Å². The number of benzene rings is 1. The van der Waals surface area contributed by atoms with Crippen molar-refractivity contribution >= 4 is 17.9 Å². The van der Waals surface area contributed by atoms with Gasteiger partial charge in [-0.2, -0.15) is 0 Å². The number of ether oxygens (including phenoxy) is 2. The van der Waals surface area contributed by atoms with Crippen LogP contribution in [0.3, 0.4) is 0 Å². The van der Waals surface area contributed by atoms with E-state index in [2.05, 4.69) is 10.1 Å². The molecule has 7 heteroatoms. The summed E-state index contributed by atoms with van der Waals surface area (Å²) in [5, 5.41) is 2.70. The second-order valence-electron chi connectivity index (χ2n) is 5.67. The molecular formula is C16H18N2O5. The second kappa shape index (κ2) is 6.00. The number of carbonyl (C=O) groups excluding carboxylic acids is 3. The number of nitrogens with one attached hydrogen (secondary N) is 1. The molecule has 2 aliphatic rings. The molecule has 3 atom stereocenters. The quantitative estimate of drug-likeness (QED) is 0.846. The molecule has 0 unspecified atom stereocenters. The van der Waals surface area contributed by atoms with Gasteiger partial charge in [0.25, 0.3) is 11.8 Å². The minimum absolute atomic E-state index is 0.275. The van der Waals surface area contributed by atoms with Gasteiger partial charge in [0.05, 0.1) is 30.4 Å². The van der Waals surface area contributed by atoms with Crippen LogP contribution >= 0.6 is 0 Å². The van der Waals surface area contributed by atoms with Gasteiger partial charge in [-0.05, 0) is 25.0 Å². The van der Waals surface area contributed by atoms with Crippen LogP contribution in [0.5, 0.6) is 0 Å². The molecule has 1 N–H and O–H groups in total. The summed E-state index contributed by atoms with van der Waals surface area (Å²) in [5.74, 6) is -0.576. The van der Waals surface area contributed by atoms with E-state index < -0.39 is 6.09 Å². The standard InChI is InChI=1S/C16H18N2O5/c1-22-13-8-9(7-12(13)17-16(21)23-2)18-14(19)10-5-3-4-6-11(10)15(18)20/h3-6,9,12-13H,7-8H2,1-2H3,(H,17,21)/t9-,12-,13-/m1/s1. The highest BCUT2D eigenvalue weighted by molar-refractivity contribution is 6.21. The lowest BCUT2D eigenvalue weighted by Gasteiger charge is -2.21. The van der Waals surface area contributed by atoms with Gasteiger partial charge >= 0.3 is 6.09 Å². The molecule has 0 saturated heterocycles. The van der Waals surface area contributed by atoms with Crippen LogP contribution in [0.1, 0.15) is 33.6 Å². The van der Waals surface area contributed by atoms with Crippen molar-refractivity contribution < 1.29 is 23.9 Å². The van der Waals surface area contributed by atoms with Crippen molar-refractivity contribution in [2.45, 2.75) is 31.0 Å². The maximum atomic E-state index is 12.5. The van der Waals surface area contributed by atoms with Crippen LogP contribution in [-0.4, -0.2) is 55.2 Å². The Morgan fingerprint density at radius 2 is 1.74 bits per heavy atom. The number of imide groups is 1. The molecule has 0 spiro atoms. The Hall–Kier alpha value is -2.41. The van der Waals surface area contributed by atoms with Crippen LogP contribution in [0.2, 0.25) is 0 Å². The lowest BCUT2D eigenvalue weighted by Crippen LogP contribution is -2.41. The van der Waals surface area contributed by atoms with Gasteiger partial charge in [0.2, 0.25) is 0 Å². The molecule has 1 aliphatic carbocycles. The number of fused-ring (bicyclic) bond motifs is 1. The Bertz CT molecular complexity index is 625. The zero-order chi connectivity index (χ0) is 16.6. The van der Waals surface area contributed by atoms with Crippen molar-refractivity contribution in [2.75, 3.05) is 14.2 Å². The topological polar surface area (TPSA) is 84.9 Å². The Morgan fingerprint density at radius 1 is 1.13 bits per heavy atom. The summed E-state index contributed by atoms with van der Waals surface area (Å²) in [6, 6.07) is 6.17. The number of methoxy groups -OCH3 is 2. The van der Waals surface area contributed by atoms with Crippen LogP contribution < -0.4 is 5.32 Å². The summed E-state index contributed by atoms with van der Waals surface area (Å²) < 4.78 is 9.99. The Kier molecular flexibility index (Phi) is 4.04. The van der Waals surface area contributed by atoms with Crippen LogP contribution in [0.4, 0.5) is 4.79 Å². The van der Waals surface area contributed by atoms with E-state index in [1.807, 2.05) is 0 Å². The summed E-state index contributed by atoms with van der Waals surface area (Å²) in [7, 11) is 2.83. The molecule has 3 rings (SSSR count). The number of hydrogen-bond acceptors (Lipinski definition) is 5. The lowest BCUT2D eigenvalue weighted by molar-refractivity contribution is 0.0548. The molecule has 0 bridgehead atoms. The number of hydrogen-bond donors (Lipinski definition) is 1. The molecule has 1 heterocycles. The van der Waals surface area contributed by atoms with Crippen LogP contribution in [0.25, 0.3) is 0 Å². The van der Waals surface area contributed by atoms with E-state index in [1.165, 1.54) is 12.0 Å². The summed E-state index contributed by atoms with van der Waals surface area (Å²) in [5.41, 5.74) is 0.853. The molecular weight excluding hydrogens is 300 g/mol. The molecule has 23 heavy (non-hydrogen) atoms. The highest BCUT2D eigenvalue weighted by Crippen LogP contribution is 2.33. The molecule has 0 aromatic heterocycles. The molecule has 1 aromatic carbocycles. The molecule has 1 fully saturated rings. The fourth-order valence-corrected chi connectivity index (χ4v) is 3.35. The van der Waals surface area contributed by atoms with Crippen LogP contribution in [-0.2, 0) is 9.47 Å². The summed E-state index contributed by atoms with van der Waals surface area (Å²) in [6.45, 7) is 0. The van der Waals surface area contributed by atoms with Crippen molar-refractivity contribution in [2.24, 2.45) is 0 Å².